The van der Waals surface area contributed by atoms with Gasteiger partial charge in [-0.1, -0.05) is 18.1 Å². The summed E-state index contributed by atoms with van der Waals surface area (Å²) in [6.45, 7) is 1.70. The highest BCUT2D eigenvalue weighted by Crippen LogP contribution is 2.31. The van der Waals surface area contributed by atoms with Crippen LogP contribution in [-0.4, -0.2) is 24.8 Å². The predicted octanol–water partition coefficient (Wildman–Crippen LogP) is 2.89. The molecule has 24 heavy (non-hydrogen) atoms. The summed E-state index contributed by atoms with van der Waals surface area (Å²) in [5.74, 6) is -3.02. The summed E-state index contributed by atoms with van der Waals surface area (Å²) in [7, 11) is -3.51. The molecule has 0 saturated carbocycles. The first kappa shape index (κ1) is 18.3. The van der Waals surface area contributed by atoms with Crippen molar-refractivity contribution in [3.05, 3.63) is 35.5 Å². The second-order valence-corrected chi connectivity index (χ2v) is 6.79. The van der Waals surface area contributed by atoms with E-state index in [1.54, 1.807) is 6.92 Å². The Morgan fingerprint density at radius 3 is 2.46 bits per heavy atom. The van der Waals surface area contributed by atoms with Gasteiger partial charge in [-0.15, -0.1) is 0 Å². The van der Waals surface area contributed by atoms with Crippen LogP contribution in [0.5, 0.6) is 0 Å². The summed E-state index contributed by atoms with van der Waals surface area (Å²) in [6, 6.07) is 2.90. The number of benzene rings is 1. The first-order chi connectivity index (χ1) is 11.0. The van der Waals surface area contributed by atoms with Gasteiger partial charge >= 0.3 is 12.1 Å². The van der Waals surface area contributed by atoms with Crippen LogP contribution < -0.4 is 4.72 Å². The molecule has 0 bridgehead atoms. The van der Waals surface area contributed by atoms with Gasteiger partial charge in [0.25, 0.3) is 0 Å². The van der Waals surface area contributed by atoms with Crippen LogP contribution in [-0.2, 0) is 16.2 Å². The molecule has 0 saturated heterocycles. The van der Waals surface area contributed by atoms with Gasteiger partial charge in [0.1, 0.15) is 5.82 Å². The fourth-order valence-corrected chi connectivity index (χ4v) is 2.84. The number of halogens is 4. The summed E-state index contributed by atoms with van der Waals surface area (Å²) >= 11 is 0. The summed E-state index contributed by atoms with van der Waals surface area (Å²) in [4.78, 5) is 3.11. The van der Waals surface area contributed by atoms with Crippen LogP contribution in [0, 0.1) is 5.82 Å². The van der Waals surface area contributed by atoms with Gasteiger partial charge in [0.15, 0.2) is 0 Å². The molecule has 2 rings (SSSR count). The number of aromatic nitrogens is 2. The average Bonchev–Trinajstić information content (AvgIpc) is 2.93. The zero-order valence-electron chi connectivity index (χ0n) is 12.6. The Bertz CT molecular complexity index is 833. The summed E-state index contributed by atoms with van der Waals surface area (Å²) < 4.78 is 80.5. The molecule has 0 aliphatic rings. The highest BCUT2D eigenvalue weighted by Gasteiger charge is 2.38. The van der Waals surface area contributed by atoms with Gasteiger partial charge in [-0.3, -0.25) is 0 Å². The predicted molar refractivity (Wildman–Crippen MR) is 75.7 cm³/mol. The third-order valence-electron chi connectivity index (χ3n) is 3.07. The zero-order chi connectivity index (χ0) is 18.1. The molecule has 1 N–H and O–H groups in total. The van der Waals surface area contributed by atoms with Crippen molar-refractivity contribution in [1.29, 1.82) is 0 Å². The van der Waals surface area contributed by atoms with E-state index in [1.165, 1.54) is 12.1 Å². The molecule has 0 spiro atoms. The lowest BCUT2D eigenvalue weighted by Gasteiger charge is -2.16. The minimum Gasteiger partial charge on any atom is -0.329 e. The van der Waals surface area contributed by atoms with Crippen molar-refractivity contribution in [3.63, 3.8) is 0 Å². The van der Waals surface area contributed by atoms with E-state index in [4.69, 9.17) is 0 Å². The molecule has 1 unspecified atom stereocenters. The lowest BCUT2D eigenvalue weighted by molar-refractivity contribution is -0.159. The van der Waals surface area contributed by atoms with Crippen LogP contribution in [0.3, 0.4) is 0 Å². The Labute approximate surface area is 134 Å². The Balaban J connectivity index is 2.34. The number of nitrogens with one attached hydrogen (secondary N) is 1. The van der Waals surface area contributed by atoms with Crippen molar-refractivity contribution >= 4 is 10.0 Å². The standard InChI is InChI=1S/C13H13F4N3O3S/c1-3-10(20-24(2,21)22)7-4-5-8(9(14)6-7)11-18-12(23-19-11)13(15,16)17/h4-6,10,20H,3H2,1-2H3. The molecule has 1 aromatic carbocycles. The third-order valence-corrected chi connectivity index (χ3v) is 3.78. The Morgan fingerprint density at radius 2 is 2.00 bits per heavy atom. The molecule has 0 amide bonds. The monoisotopic (exact) mass is 367 g/mol. The van der Waals surface area contributed by atoms with E-state index in [2.05, 4.69) is 19.4 Å². The van der Waals surface area contributed by atoms with Crippen molar-refractivity contribution in [2.45, 2.75) is 25.6 Å². The van der Waals surface area contributed by atoms with E-state index in [1.807, 2.05) is 0 Å². The number of nitrogens with zero attached hydrogens (tertiary/aromatic N) is 2. The highest BCUT2D eigenvalue weighted by atomic mass is 32.2. The van der Waals surface area contributed by atoms with Crippen LogP contribution in [0.25, 0.3) is 11.4 Å². The molecular weight excluding hydrogens is 354 g/mol. The van der Waals surface area contributed by atoms with Gasteiger partial charge in [-0.25, -0.2) is 17.5 Å². The highest BCUT2D eigenvalue weighted by molar-refractivity contribution is 7.88. The van der Waals surface area contributed by atoms with Crippen molar-refractivity contribution < 1.29 is 30.5 Å². The first-order valence-corrected chi connectivity index (χ1v) is 8.58. The van der Waals surface area contributed by atoms with Gasteiger partial charge in [0, 0.05) is 6.04 Å². The summed E-state index contributed by atoms with van der Waals surface area (Å²) in [6.07, 6.45) is -3.50. The molecule has 6 nitrogen and oxygen atoms in total. The molecule has 0 radical (unpaired) electrons. The van der Waals surface area contributed by atoms with E-state index in [-0.39, 0.29) is 5.56 Å². The first-order valence-electron chi connectivity index (χ1n) is 6.69. The molecule has 1 aromatic heterocycles. The zero-order valence-corrected chi connectivity index (χ0v) is 13.4. The van der Waals surface area contributed by atoms with Crippen molar-refractivity contribution in [2.75, 3.05) is 6.26 Å². The quantitative estimate of drug-likeness (QED) is 0.822. The molecule has 0 aliphatic heterocycles. The number of sulfonamides is 1. The molecule has 0 aliphatic carbocycles. The molecule has 11 heteroatoms. The van der Waals surface area contributed by atoms with E-state index >= 15 is 0 Å². The van der Waals surface area contributed by atoms with Gasteiger partial charge in [-0.05, 0) is 24.1 Å². The van der Waals surface area contributed by atoms with Gasteiger partial charge in [0.05, 0.1) is 11.8 Å². The average molecular weight is 367 g/mol. The number of hydrogen-bond acceptors (Lipinski definition) is 5. The fourth-order valence-electron chi connectivity index (χ4n) is 2.02. The van der Waals surface area contributed by atoms with Crippen molar-refractivity contribution in [1.82, 2.24) is 14.9 Å². The van der Waals surface area contributed by atoms with E-state index < -0.39 is 39.8 Å². The van der Waals surface area contributed by atoms with Crippen LogP contribution in [0.2, 0.25) is 0 Å². The maximum absolute atomic E-state index is 14.2. The number of hydrogen-bond donors (Lipinski definition) is 1. The van der Waals surface area contributed by atoms with Crippen LogP contribution >= 0.6 is 0 Å². The molecule has 0 fully saturated rings. The lowest BCUT2D eigenvalue weighted by Crippen LogP contribution is -2.27. The molecule has 1 atom stereocenters. The second kappa shape index (κ2) is 6.48. The summed E-state index contributed by atoms with van der Waals surface area (Å²) in [5.41, 5.74) is 0.0379. The largest absolute Gasteiger partial charge is 0.471 e. The normalized spacial score (nSPS) is 13.9. The number of alkyl halides is 3. The fraction of sp³-hybridized carbons (Fsp3) is 0.385. The van der Waals surface area contributed by atoms with Crippen LogP contribution in [0.15, 0.2) is 22.7 Å². The van der Waals surface area contributed by atoms with Gasteiger partial charge in [0.2, 0.25) is 15.8 Å². The Morgan fingerprint density at radius 1 is 1.33 bits per heavy atom. The third kappa shape index (κ3) is 4.29. The Hall–Kier alpha value is -2.01. The molecular formula is C13H13F4N3O3S. The number of rotatable bonds is 5. The van der Waals surface area contributed by atoms with Crippen LogP contribution in [0.4, 0.5) is 17.6 Å². The molecule has 2 aromatic rings. The molecule has 132 valence electrons. The minimum atomic E-state index is -4.83. The van der Waals surface area contributed by atoms with Crippen LogP contribution in [0.1, 0.15) is 30.8 Å². The van der Waals surface area contributed by atoms with Gasteiger partial charge < -0.3 is 4.52 Å². The van der Waals surface area contributed by atoms with E-state index in [0.29, 0.717) is 12.0 Å². The smallest absolute Gasteiger partial charge is 0.329 e. The SMILES string of the molecule is CCC(NS(C)(=O)=O)c1ccc(-c2noc(C(F)(F)F)n2)c(F)c1. The van der Waals surface area contributed by atoms with E-state index in [9.17, 15) is 26.0 Å². The van der Waals surface area contributed by atoms with Crippen molar-refractivity contribution in [2.24, 2.45) is 0 Å². The maximum Gasteiger partial charge on any atom is 0.471 e. The van der Waals surface area contributed by atoms with E-state index in [0.717, 1.165) is 12.3 Å². The minimum absolute atomic E-state index is 0.285. The second-order valence-electron chi connectivity index (χ2n) is 5.01. The summed E-state index contributed by atoms with van der Waals surface area (Å²) in [5, 5.41) is 3.11. The Kier molecular flexibility index (Phi) is 4.95. The lowest BCUT2D eigenvalue weighted by atomic mass is 10.0. The topological polar surface area (TPSA) is 85.1 Å². The van der Waals surface area contributed by atoms with Crippen molar-refractivity contribution in [3.8, 4) is 11.4 Å². The van der Waals surface area contributed by atoms with Gasteiger partial charge in [-0.2, -0.15) is 18.2 Å². The maximum atomic E-state index is 14.2. The molecule has 1 heterocycles.